The second-order valence-corrected chi connectivity index (χ2v) is 5.63. The van der Waals surface area contributed by atoms with Gasteiger partial charge in [0.2, 0.25) is 0 Å². The molecule has 4 heteroatoms. The first-order valence-electron chi connectivity index (χ1n) is 6.48. The second-order valence-electron chi connectivity index (χ2n) is 4.92. The predicted octanol–water partition coefficient (Wildman–Crippen LogP) is 3.53. The zero-order valence-corrected chi connectivity index (χ0v) is 12.5. The third-order valence-corrected chi connectivity index (χ3v) is 3.41. The lowest BCUT2D eigenvalue weighted by Gasteiger charge is -2.14. The minimum atomic E-state index is 0.465. The Kier molecular flexibility index (Phi) is 4.93. The van der Waals surface area contributed by atoms with Crippen molar-refractivity contribution in [2.45, 2.75) is 40.0 Å². The Balaban J connectivity index is 2.05. The average Bonchev–Trinajstić information content (AvgIpc) is 2.88. The topological polar surface area (TPSA) is 34.1 Å². The van der Waals surface area contributed by atoms with Gasteiger partial charge < -0.3 is 10.1 Å². The van der Waals surface area contributed by atoms with Crippen LogP contribution in [0.25, 0.3) is 0 Å². The average molecular weight is 276 g/mol. The maximum Gasteiger partial charge on any atom is 0.131 e. The maximum absolute atomic E-state index is 5.87. The van der Waals surface area contributed by atoms with Crippen LogP contribution in [0.2, 0.25) is 0 Å². The molecule has 1 N–H and O–H groups in total. The lowest BCUT2D eigenvalue weighted by molar-refractivity contribution is 0.297. The molecule has 0 saturated heterocycles. The van der Waals surface area contributed by atoms with Gasteiger partial charge in [0.15, 0.2) is 0 Å². The summed E-state index contributed by atoms with van der Waals surface area (Å²) in [4.78, 5) is 4.23. The fraction of sp³-hybridized carbons (Fsp3) is 0.400. The van der Waals surface area contributed by atoms with Crippen molar-refractivity contribution < 1.29 is 4.74 Å². The number of hydrogen-bond acceptors (Lipinski definition) is 4. The molecule has 0 unspecified atom stereocenters. The molecule has 0 aliphatic rings. The number of benzene rings is 1. The molecule has 2 rings (SSSR count). The van der Waals surface area contributed by atoms with Crippen LogP contribution in [-0.4, -0.2) is 11.0 Å². The van der Waals surface area contributed by atoms with Gasteiger partial charge in [0, 0.05) is 23.5 Å². The molecule has 1 aromatic carbocycles. The fourth-order valence-corrected chi connectivity index (χ4v) is 2.30. The molecule has 0 saturated carbocycles. The first-order valence-corrected chi connectivity index (χ1v) is 7.42. The molecule has 0 atom stereocenters. The van der Waals surface area contributed by atoms with E-state index in [2.05, 4.69) is 43.2 Å². The fourth-order valence-electron chi connectivity index (χ4n) is 1.76. The van der Waals surface area contributed by atoms with E-state index in [0.29, 0.717) is 12.6 Å². The van der Waals surface area contributed by atoms with Gasteiger partial charge in [-0.05, 0) is 13.0 Å². The van der Waals surface area contributed by atoms with E-state index >= 15 is 0 Å². The highest BCUT2D eigenvalue weighted by Crippen LogP contribution is 2.21. The Morgan fingerprint density at radius 1 is 1.37 bits per heavy atom. The molecule has 3 nitrogen and oxygen atoms in total. The van der Waals surface area contributed by atoms with Gasteiger partial charge in [0.05, 0.1) is 11.2 Å². The van der Waals surface area contributed by atoms with Crippen molar-refractivity contribution in [1.29, 1.82) is 0 Å². The van der Waals surface area contributed by atoms with Crippen LogP contribution < -0.4 is 10.1 Å². The number of nitrogens with zero attached hydrogens (tertiary/aromatic N) is 1. The highest BCUT2D eigenvalue weighted by Gasteiger charge is 2.06. The van der Waals surface area contributed by atoms with E-state index in [-0.39, 0.29) is 0 Å². The van der Waals surface area contributed by atoms with Crippen LogP contribution >= 0.6 is 11.3 Å². The summed E-state index contributed by atoms with van der Waals surface area (Å²) in [5.41, 5.74) is 5.26. The summed E-state index contributed by atoms with van der Waals surface area (Å²) in [5.74, 6) is 0.937. The first-order chi connectivity index (χ1) is 9.15. The van der Waals surface area contributed by atoms with E-state index < -0.39 is 0 Å². The molecule has 1 aromatic heterocycles. The van der Waals surface area contributed by atoms with Gasteiger partial charge in [0.1, 0.15) is 12.4 Å². The van der Waals surface area contributed by atoms with E-state index in [1.807, 2.05) is 17.0 Å². The first kappa shape index (κ1) is 14.0. The molecule has 1 heterocycles. The molecule has 0 fully saturated rings. The smallest absolute Gasteiger partial charge is 0.131 e. The number of rotatable bonds is 6. The van der Waals surface area contributed by atoms with Crippen molar-refractivity contribution in [2.24, 2.45) is 0 Å². The van der Waals surface area contributed by atoms with Crippen LogP contribution in [0.3, 0.4) is 0 Å². The van der Waals surface area contributed by atoms with E-state index in [1.165, 1.54) is 11.1 Å². The van der Waals surface area contributed by atoms with E-state index in [4.69, 9.17) is 4.74 Å². The minimum Gasteiger partial charge on any atom is -0.487 e. The van der Waals surface area contributed by atoms with Crippen LogP contribution in [0.1, 0.15) is 30.7 Å². The molecule has 0 amide bonds. The van der Waals surface area contributed by atoms with Gasteiger partial charge >= 0.3 is 0 Å². The number of nitrogens with one attached hydrogen (secondary N) is 1. The molecular weight excluding hydrogens is 256 g/mol. The van der Waals surface area contributed by atoms with Crippen LogP contribution in [0.5, 0.6) is 5.75 Å². The summed E-state index contributed by atoms with van der Waals surface area (Å²) in [6, 6.07) is 6.76. The van der Waals surface area contributed by atoms with Crippen molar-refractivity contribution in [1.82, 2.24) is 10.3 Å². The lowest BCUT2D eigenvalue weighted by Crippen LogP contribution is -2.22. The lowest BCUT2D eigenvalue weighted by atomic mass is 10.1. The van der Waals surface area contributed by atoms with Gasteiger partial charge in [-0.15, -0.1) is 11.3 Å². The highest BCUT2D eigenvalue weighted by atomic mass is 32.1. The van der Waals surface area contributed by atoms with Crippen LogP contribution in [0, 0.1) is 6.92 Å². The Bertz CT molecular complexity index is 509. The summed E-state index contributed by atoms with van der Waals surface area (Å²) in [5, 5.41) is 5.44. The zero-order valence-electron chi connectivity index (χ0n) is 11.6. The van der Waals surface area contributed by atoms with E-state index in [9.17, 15) is 0 Å². The molecule has 0 aliphatic carbocycles. The predicted molar refractivity (Wildman–Crippen MR) is 79.6 cm³/mol. The number of ether oxygens (including phenoxy) is 1. The monoisotopic (exact) mass is 276 g/mol. The van der Waals surface area contributed by atoms with Gasteiger partial charge in [-0.3, -0.25) is 0 Å². The number of thiazole rings is 1. The standard InChI is InChI=1S/C15H20N2OS/c1-11(2)16-7-13-6-12(3)4-5-15(13)18-8-14-9-19-10-17-14/h4-6,9-11,16H,7-8H2,1-3H3. The zero-order chi connectivity index (χ0) is 13.7. The van der Waals surface area contributed by atoms with Crippen molar-refractivity contribution >= 4 is 11.3 Å². The van der Waals surface area contributed by atoms with E-state index in [0.717, 1.165) is 18.0 Å². The summed E-state index contributed by atoms with van der Waals surface area (Å²) < 4.78 is 5.87. The Morgan fingerprint density at radius 2 is 2.21 bits per heavy atom. The molecule has 0 radical (unpaired) electrons. The van der Waals surface area contributed by atoms with Crippen molar-refractivity contribution in [3.63, 3.8) is 0 Å². The van der Waals surface area contributed by atoms with Crippen LogP contribution in [0.4, 0.5) is 0 Å². The quantitative estimate of drug-likeness (QED) is 0.876. The van der Waals surface area contributed by atoms with Gasteiger partial charge in [-0.25, -0.2) is 4.98 Å². The number of aromatic nitrogens is 1. The molecule has 0 aliphatic heterocycles. The van der Waals surface area contributed by atoms with Crippen molar-refractivity contribution in [3.8, 4) is 5.75 Å². The van der Waals surface area contributed by atoms with E-state index in [1.54, 1.807) is 11.3 Å². The van der Waals surface area contributed by atoms with Crippen LogP contribution in [-0.2, 0) is 13.2 Å². The normalized spacial score (nSPS) is 10.9. The van der Waals surface area contributed by atoms with Crippen LogP contribution in [0.15, 0.2) is 29.1 Å². The Hall–Kier alpha value is -1.39. The second kappa shape index (κ2) is 6.68. The summed E-state index contributed by atoms with van der Waals surface area (Å²) in [6.45, 7) is 7.74. The van der Waals surface area contributed by atoms with Gasteiger partial charge in [0.25, 0.3) is 0 Å². The maximum atomic E-state index is 5.87. The summed E-state index contributed by atoms with van der Waals surface area (Å²) >= 11 is 1.59. The SMILES string of the molecule is Cc1ccc(OCc2cscn2)c(CNC(C)C)c1. The van der Waals surface area contributed by atoms with Gasteiger partial charge in [-0.2, -0.15) is 0 Å². The molecule has 0 bridgehead atoms. The summed E-state index contributed by atoms with van der Waals surface area (Å²) in [7, 11) is 0. The third kappa shape index (κ3) is 4.33. The molecular formula is C15H20N2OS. The Labute approximate surface area is 118 Å². The minimum absolute atomic E-state index is 0.465. The van der Waals surface area contributed by atoms with Crippen molar-refractivity contribution in [2.75, 3.05) is 0 Å². The molecule has 102 valence electrons. The molecule has 0 spiro atoms. The van der Waals surface area contributed by atoms with Gasteiger partial charge in [-0.1, -0.05) is 31.5 Å². The molecule has 2 aromatic rings. The highest BCUT2D eigenvalue weighted by molar-refractivity contribution is 7.07. The van der Waals surface area contributed by atoms with Crippen molar-refractivity contribution in [3.05, 3.63) is 45.9 Å². The summed E-state index contributed by atoms with van der Waals surface area (Å²) in [6.07, 6.45) is 0. The molecule has 19 heavy (non-hydrogen) atoms. The third-order valence-electron chi connectivity index (χ3n) is 2.78. The number of hydrogen-bond donors (Lipinski definition) is 1. The Morgan fingerprint density at radius 3 is 2.89 bits per heavy atom. The largest absolute Gasteiger partial charge is 0.487 e. The number of aryl methyl sites for hydroxylation is 1.